The van der Waals surface area contributed by atoms with Gasteiger partial charge in [0.1, 0.15) is 18.1 Å². The largest absolute Gasteiger partial charge is 0.480 e. The molecular formula is C20H38N8O6. The number of amides is 4. The molecule has 12 N–H and O–H groups in total. The van der Waals surface area contributed by atoms with E-state index in [9.17, 15) is 29.1 Å². The van der Waals surface area contributed by atoms with Crippen molar-refractivity contribution in [2.45, 2.75) is 71.1 Å². The number of carboxylic acids is 1. The number of primary amides is 1. The number of nitrogens with one attached hydrogen (secondary N) is 3. The summed E-state index contributed by atoms with van der Waals surface area (Å²) >= 11 is 0. The lowest BCUT2D eigenvalue weighted by Gasteiger charge is -2.27. The number of nitrogens with two attached hydrogens (primary N) is 4. The van der Waals surface area contributed by atoms with Gasteiger partial charge in [0.05, 0.1) is 12.5 Å². The van der Waals surface area contributed by atoms with Crippen molar-refractivity contribution >= 4 is 35.6 Å². The summed E-state index contributed by atoms with van der Waals surface area (Å²) in [4.78, 5) is 64.4. The second-order valence-corrected chi connectivity index (χ2v) is 8.58. The second-order valence-electron chi connectivity index (χ2n) is 8.58. The summed E-state index contributed by atoms with van der Waals surface area (Å²) in [7, 11) is 0. The molecule has 14 nitrogen and oxygen atoms in total. The average Bonchev–Trinajstić information content (AvgIpc) is 2.71. The van der Waals surface area contributed by atoms with Gasteiger partial charge in [-0.3, -0.25) is 24.2 Å². The predicted molar refractivity (Wildman–Crippen MR) is 125 cm³/mol. The zero-order valence-corrected chi connectivity index (χ0v) is 20.0. The summed E-state index contributed by atoms with van der Waals surface area (Å²) in [5, 5.41) is 16.6. The number of aliphatic carboxylic acids is 1. The number of hydrogen-bond acceptors (Lipinski definition) is 7. The Labute approximate surface area is 198 Å². The normalized spacial score (nSPS) is 14.4. The first-order chi connectivity index (χ1) is 15.7. The first-order valence-electron chi connectivity index (χ1n) is 10.9. The summed E-state index contributed by atoms with van der Waals surface area (Å²) in [6, 6.07) is -4.62. The third-order valence-electron chi connectivity index (χ3n) is 4.87. The van der Waals surface area contributed by atoms with E-state index in [1.54, 1.807) is 27.7 Å². The van der Waals surface area contributed by atoms with E-state index in [0.717, 1.165) is 0 Å². The van der Waals surface area contributed by atoms with Gasteiger partial charge in [0.25, 0.3) is 0 Å². The molecule has 0 radical (unpaired) electrons. The van der Waals surface area contributed by atoms with Crippen LogP contribution in [-0.2, 0) is 24.0 Å². The molecule has 0 bridgehead atoms. The molecule has 0 spiro atoms. The number of carboxylic acid groups (broad SMARTS) is 1. The highest BCUT2D eigenvalue weighted by Crippen LogP contribution is 2.08. The van der Waals surface area contributed by atoms with E-state index in [4.69, 9.17) is 22.9 Å². The summed E-state index contributed by atoms with van der Waals surface area (Å²) in [6.45, 7) is 7.07. The summed E-state index contributed by atoms with van der Waals surface area (Å²) in [5.74, 6) is -5.09. The third kappa shape index (κ3) is 11.4. The van der Waals surface area contributed by atoms with Crippen molar-refractivity contribution in [2.24, 2.45) is 39.8 Å². The molecule has 4 atom stereocenters. The standard InChI is InChI=1S/C20H38N8O6/c1-9(2)14(22)17(31)28-15(10(3)4)18(32)26-11(6-5-7-25-20(23)24)16(30)27-12(19(33)34)8-13(21)29/h9-12,14-15H,5-8,22H2,1-4H3,(H2,21,29)(H,26,32)(H,27,30)(H,28,31)(H,33,34)(H4,23,24,25). The molecule has 0 aromatic carbocycles. The van der Waals surface area contributed by atoms with Crippen molar-refractivity contribution < 1.29 is 29.1 Å². The number of hydrogen-bond donors (Lipinski definition) is 8. The molecule has 4 unspecified atom stereocenters. The number of rotatable bonds is 15. The van der Waals surface area contributed by atoms with Crippen LogP contribution in [0.1, 0.15) is 47.0 Å². The lowest BCUT2D eigenvalue weighted by atomic mass is 9.99. The van der Waals surface area contributed by atoms with E-state index in [1.165, 1.54) is 0 Å². The summed E-state index contributed by atoms with van der Waals surface area (Å²) in [5.41, 5.74) is 21.5. The molecule has 0 saturated heterocycles. The van der Waals surface area contributed by atoms with Crippen molar-refractivity contribution in [3.05, 3.63) is 0 Å². The lowest BCUT2D eigenvalue weighted by molar-refractivity contribution is -0.143. The van der Waals surface area contributed by atoms with Crippen molar-refractivity contribution in [1.29, 1.82) is 0 Å². The van der Waals surface area contributed by atoms with E-state index >= 15 is 0 Å². The molecule has 0 aliphatic carbocycles. The van der Waals surface area contributed by atoms with Crippen LogP contribution in [0.15, 0.2) is 4.99 Å². The monoisotopic (exact) mass is 486 g/mol. The molecular weight excluding hydrogens is 448 g/mol. The third-order valence-corrected chi connectivity index (χ3v) is 4.87. The Bertz CT molecular complexity index is 766. The van der Waals surface area contributed by atoms with Gasteiger partial charge < -0.3 is 44.0 Å². The number of guanidine groups is 1. The fourth-order valence-electron chi connectivity index (χ4n) is 2.79. The smallest absolute Gasteiger partial charge is 0.326 e. The molecule has 14 heteroatoms. The van der Waals surface area contributed by atoms with Crippen LogP contribution >= 0.6 is 0 Å². The zero-order valence-electron chi connectivity index (χ0n) is 20.0. The maximum atomic E-state index is 13.0. The van der Waals surface area contributed by atoms with Crippen LogP contribution in [0.25, 0.3) is 0 Å². The van der Waals surface area contributed by atoms with Gasteiger partial charge in [0, 0.05) is 6.54 Å². The van der Waals surface area contributed by atoms with E-state index in [0.29, 0.717) is 0 Å². The fraction of sp³-hybridized carbons (Fsp3) is 0.700. The molecule has 0 rings (SSSR count). The Balaban J connectivity index is 5.59. The maximum absolute atomic E-state index is 13.0. The predicted octanol–water partition coefficient (Wildman–Crippen LogP) is -2.91. The van der Waals surface area contributed by atoms with E-state index in [1.807, 2.05) is 0 Å². The van der Waals surface area contributed by atoms with Crippen LogP contribution in [0.5, 0.6) is 0 Å². The number of nitrogens with zero attached hydrogens (tertiary/aromatic N) is 1. The number of carbonyl (C=O) groups excluding carboxylic acids is 4. The molecule has 0 saturated carbocycles. The van der Waals surface area contributed by atoms with Gasteiger partial charge in [-0.25, -0.2) is 4.79 Å². The average molecular weight is 487 g/mol. The van der Waals surface area contributed by atoms with Crippen LogP contribution in [0, 0.1) is 11.8 Å². The van der Waals surface area contributed by atoms with E-state index < -0.39 is 60.2 Å². The number of carbonyl (C=O) groups is 5. The van der Waals surface area contributed by atoms with Crippen molar-refractivity contribution in [3.63, 3.8) is 0 Å². The Hall–Kier alpha value is -3.42. The Morgan fingerprint density at radius 2 is 1.38 bits per heavy atom. The Morgan fingerprint density at radius 3 is 1.82 bits per heavy atom. The van der Waals surface area contributed by atoms with Crippen molar-refractivity contribution in [1.82, 2.24) is 16.0 Å². The van der Waals surface area contributed by atoms with Gasteiger partial charge >= 0.3 is 5.97 Å². The Kier molecular flexibility index (Phi) is 13.2. The summed E-state index contributed by atoms with van der Waals surface area (Å²) < 4.78 is 0. The lowest BCUT2D eigenvalue weighted by Crippen LogP contribution is -2.59. The molecule has 0 fully saturated rings. The van der Waals surface area contributed by atoms with Crippen LogP contribution in [0.4, 0.5) is 0 Å². The van der Waals surface area contributed by atoms with Crippen molar-refractivity contribution in [3.8, 4) is 0 Å². The van der Waals surface area contributed by atoms with Crippen LogP contribution < -0.4 is 38.9 Å². The minimum absolute atomic E-state index is 0.0432. The SMILES string of the molecule is CC(C)C(N)C(=O)NC(C(=O)NC(CCCN=C(N)N)C(=O)NC(CC(N)=O)C(=O)O)C(C)C. The van der Waals surface area contributed by atoms with Gasteiger partial charge in [0.15, 0.2) is 5.96 Å². The van der Waals surface area contributed by atoms with Gasteiger partial charge in [-0.2, -0.15) is 0 Å². The first-order valence-corrected chi connectivity index (χ1v) is 10.9. The molecule has 194 valence electrons. The summed E-state index contributed by atoms with van der Waals surface area (Å²) in [6.07, 6.45) is -0.324. The molecule has 0 aromatic heterocycles. The molecule has 0 aromatic rings. The van der Waals surface area contributed by atoms with Crippen LogP contribution in [-0.4, -0.2) is 71.4 Å². The minimum atomic E-state index is -1.58. The molecule has 0 heterocycles. The zero-order chi connectivity index (χ0) is 26.6. The first kappa shape index (κ1) is 30.6. The molecule has 0 aliphatic rings. The molecule has 4 amide bonds. The van der Waals surface area contributed by atoms with E-state index in [2.05, 4.69) is 20.9 Å². The fourth-order valence-corrected chi connectivity index (χ4v) is 2.79. The van der Waals surface area contributed by atoms with E-state index in [-0.39, 0.29) is 37.2 Å². The highest BCUT2D eigenvalue weighted by atomic mass is 16.4. The minimum Gasteiger partial charge on any atom is -0.480 e. The maximum Gasteiger partial charge on any atom is 0.326 e. The van der Waals surface area contributed by atoms with Gasteiger partial charge in [-0.15, -0.1) is 0 Å². The quantitative estimate of drug-likeness (QED) is 0.0669. The van der Waals surface area contributed by atoms with Crippen LogP contribution in [0.3, 0.4) is 0 Å². The number of aliphatic imine (C=N–C) groups is 1. The molecule has 0 aliphatic heterocycles. The molecule has 34 heavy (non-hydrogen) atoms. The highest BCUT2D eigenvalue weighted by molar-refractivity contribution is 5.95. The van der Waals surface area contributed by atoms with Gasteiger partial charge in [0.2, 0.25) is 23.6 Å². The Morgan fingerprint density at radius 1 is 0.824 bits per heavy atom. The van der Waals surface area contributed by atoms with Gasteiger partial charge in [-0.05, 0) is 24.7 Å². The topological polar surface area (TPSA) is 258 Å². The highest BCUT2D eigenvalue weighted by Gasteiger charge is 2.32. The second kappa shape index (κ2) is 14.7. The van der Waals surface area contributed by atoms with Gasteiger partial charge in [-0.1, -0.05) is 27.7 Å². The van der Waals surface area contributed by atoms with Crippen LogP contribution in [0.2, 0.25) is 0 Å². The van der Waals surface area contributed by atoms with Crippen molar-refractivity contribution in [2.75, 3.05) is 6.54 Å².